The normalized spacial score (nSPS) is 11.4. The highest BCUT2D eigenvalue weighted by Crippen LogP contribution is 2.34. The maximum atomic E-state index is 5.38. The van der Waals surface area contributed by atoms with Crippen molar-refractivity contribution in [2.75, 3.05) is 7.11 Å². The Labute approximate surface area is 87.1 Å². The van der Waals surface area contributed by atoms with E-state index < -0.39 is 0 Å². The molecule has 0 aromatic heterocycles. The predicted octanol–water partition coefficient (Wildman–Crippen LogP) is 3.77. The van der Waals surface area contributed by atoms with Crippen LogP contribution in [0.25, 0.3) is 0 Å². The van der Waals surface area contributed by atoms with Gasteiger partial charge in [0.25, 0.3) is 0 Å². The molecule has 0 bridgehead atoms. The SMILES string of the molecule is CCCC(C)(C)c1ccccc1OC. The fraction of sp³-hybridized carbons (Fsp3) is 0.538. The van der Waals surface area contributed by atoms with Crippen molar-refractivity contribution in [3.05, 3.63) is 29.8 Å². The third-order valence-electron chi connectivity index (χ3n) is 2.71. The molecule has 0 radical (unpaired) electrons. The average molecular weight is 192 g/mol. The molecule has 0 aliphatic rings. The number of hydrogen-bond acceptors (Lipinski definition) is 1. The average Bonchev–Trinajstić information content (AvgIpc) is 2.18. The molecule has 0 fully saturated rings. The monoisotopic (exact) mass is 192 g/mol. The van der Waals surface area contributed by atoms with Gasteiger partial charge in [-0.15, -0.1) is 0 Å². The van der Waals surface area contributed by atoms with Crippen LogP contribution in [0.5, 0.6) is 5.75 Å². The van der Waals surface area contributed by atoms with Crippen LogP contribution in [0, 0.1) is 0 Å². The van der Waals surface area contributed by atoms with Crippen molar-refractivity contribution in [1.29, 1.82) is 0 Å². The molecule has 1 heteroatoms. The fourth-order valence-electron chi connectivity index (χ4n) is 1.96. The van der Waals surface area contributed by atoms with E-state index in [1.807, 2.05) is 12.1 Å². The van der Waals surface area contributed by atoms with Gasteiger partial charge in [-0.2, -0.15) is 0 Å². The Bertz CT molecular complexity index is 289. The zero-order valence-corrected chi connectivity index (χ0v) is 9.63. The number of rotatable bonds is 4. The molecular weight excluding hydrogens is 172 g/mol. The second kappa shape index (κ2) is 4.50. The van der Waals surface area contributed by atoms with Gasteiger partial charge in [0.1, 0.15) is 5.75 Å². The Morgan fingerprint density at radius 3 is 2.43 bits per heavy atom. The first-order valence-electron chi connectivity index (χ1n) is 5.25. The van der Waals surface area contributed by atoms with Gasteiger partial charge in [-0.3, -0.25) is 0 Å². The minimum Gasteiger partial charge on any atom is -0.496 e. The van der Waals surface area contributed by atoms with E-state index in [9.17, 15) is 0 Å². The van der Waals surface area contributed by atoms with Gasteiger partial charge in [0, 0.05) is 0 Å². The van der Waals surface area contributed by atoms with E-state index in [-0.39, 0.29) is 5.41 Å². The van der Waals surface area contributed by atoms with Crippen molar-refractivity contribution in [3.63, 3.8) is 0 Å². The minimum absolute atomic E-state index is 0.210. The second-order valence-corrected chi connectivity index (χ2v) is 4.33. The number of methoxy groups -OCH3 is 1. The lowest BCUT2D eigenvalue weighted by atomic mass is 9.80. The third kappa shape index (κ3) is 2.28. The Hall–Kier alpha value is -0.980. The van der Waals surface area contributed by atoms with Crippen LogP contribution >= 0.6 is 0 Å². The highest BCUT2D eigenvalue weighted by atomic mass is 16.5. The molecule has 1 aromatic rings. The molecule has 0 N–H and O–H groups in total. The quantitative estimate of drug-likeness (QED) is 0.705. The zero-order chi connectivity index (χ0) is 10.6. The molecular formula is C13H20O. The first kappa shape index (κ1) is 11.1. The lowest BCUT2D eigenvalue weighted by Gasteiger charge is -2.26. The van der Waals surface area contributed by atoms with Gasteiger partial charge >= 0.3 is 0 Å². The van der Waals surface area contributed by atoms with E-state index in [2.05, 4.69) is 32.9 Å². The van der Waals surface area contributed by atoms with Crippen molar-refractivity contribution in [2.24, 2.45) is 0 Å². The molecule has 0 aliphatic heterocycles. The summed E-state index contributed by atoms with van der Waals surface area (Å²) in [6.07, 6.45) is 2.39. The summed E-state index contributed by atoms with van der Waals surface area (Å²) in [5, 5.41) is 0. The molecule has 0 aliphatic carbocycles. The van der Waals surface area contributed by atoms with Crippen molar-refractivity contribution < 1.29 is 4.74 Å². The lowest BCUT2D eigenvalue weighted by Crippen LogP contribution is -2.17. The number of para-hydroxylation sites is 1. The third-order valence-corrected chi connectivity index (χ3v) is 2.71. The van der Waals surface area contributed by atoms with Crippen LogP contribution in [-0.2, 0) is 5.41 Å². The van der Waals surface area contributed by atoms with Crippen molar-refractivity contribution in [1.82, 2.24) is 0 Å². The zero-order valence-electron chi connectivity index (χ0n) is 9.63. The Kier molecular flexibility index (Phi) is 3.56. The summed E-state index contributed by atoms with van der Waals surface area (Å²) < 4.78 is 5.38. The molecule has 0 atom stereocenters. The van der Waals surface area contributed by atoms with E-state index in [4.69, 9.17) is 4.74 Å². The van der Waals surface area contributed by atoms with Crippen molar-refractivity contribution >= 4 is 0 Å². The van der Waals surface area contributed by atoms with Gasteiger partial charge in [-0.05, 0) is 23.5 Å². The van der Waals surface area contributed by atoms with Crippen LogP contribution in [0.2, 0.25) is 0 Å². The van der Waals surface area contributed by atoms with Gasteiger partial charge < -0.3 is 4.74 Å². The number of benzene rings is 1. The van der Waals surface area contributed by atoms with Crippen molar-refractivity contribution in [2.45, 2.75) is 39.0 Å². The Morgan fingerprint density at radius 2 is 1.86 bits per heavy atom. The van der Waals surface area contributed by atoms with Gasteiger partial charge in [0.2, 0.25) is 0 Å². The van der Waals surface area contributed by atoms with Gasteiger partial charge in [-0.25, -0.2) is 0 Å². The summed E-state index contributed by atoms with van der Waals surface area (Å²) in [4.78, 5) is 0. The van der Waals surface area contributed by atoms with Crippen LogP contribution < -0.4 is 4.74 Å². The maximum Gasteiger partial charge on any atom is 0.122 e. The Morgan fingerprint density at radius 1 is 1.21 bits per heavy atom. The minimum atomic E-state index is 0.210. The molecule has 78 valence electrons. The number of ether oxygens (including phenoxy) is 1. The van der Waals surface area contributed by atoms with Crippen LogP contribution in [0.15, 0.2) is 24.3 Å². The van der Waals surface area contributed by atoms with Crippen LogP contribution in [-0.4, -0.2) is 7.11 Å². The lowest BCUT2D eigenvalue weighted by molar-refractivity contribution is 0.384. The van der Waals surface area contributed by atoms with E-state index in [1.54, 1.807) is 7.11 Å². The second-order valence-electron chi connectivity index (χ2n) is 4.33. The van der Waals surface area contributed by atoms with E-state index >= 15 is 0 Å². The molecule has 1 aromatic carbocycles. The van der Waals surface area contributed by atoms with Gasteiger partial charge in [0.05, 0.1) is 7.11 Å². The molecule has 14 heavy (non-hydrogen) atoms. The highest BCUT2D eigenvalue weighted by Gasteiger charge is 2.22. The van der Waals surface area contributed by atoms with E-state index in [1.165, 1.54) is 18.4 Å². The van der Waals surface area contributed by atoms with Crippen molar-refractivity contribution in [3.8, 4) is 5.75 Å². The summed E-state index contributed by atoms with van der Waals surface area (Å²) >= 11 is 0. The summed E-state index contributed by atoms with van der Waals surface area (Å²) in [7, 11) is 1.74. The predicted molar refractivity (Wildman–Crippen MR) is 60.9 cm³/mol. The van der Waals surface area contributed by atoms with Crippen LogP contribution in [0.3, 0.4) is 0 Å². The van der Waals surface area contributed by atoms with Gasteiger partial charge in [0.15, 0.2) is 0 Å². The molecule has 0 saturated heterocycles. The molecule has 1 nitrogen and oxygen atoms in total. The molecule has 0 saturated carbocycles. The first-order chi connectivity index (χ1) is 6.61. The summed E-state index contributed by atoms with van der Waals surface area (Å²) in [5.74, 6) is 1.01. The topological polar surface area (TPSA) is 9.23 Å². The number of hydrogen-bond donors (Lipinski definition) is 0. The first-order valence-corrected chi connectivity index (χ1v) is 5.25. The molecule has 0 heterocycles. The van der Waals surface area contributed by atoms with Crippen LogP contribution in [0.4, 0.5) is 0 Å². The molecule has 1 rings (SSSR count). The van der Waals surface area contributed by atoms with E-state index in [0.717, 1.165) is 5.75 Å². The summed E-state index contributed by atoms with van der Waals surface area (Å²) in [6, 6.07) is 8.29. The molecule has 0 amide bonds. The Balaban J connectivity index is 3.04. The molecule has 0 unspecified atom stereocenters. The fourth-order valence-corrected chi connectivity index (χ4v) is 1.96. The summed E-state index contributed by atoms with van der Waals surface area (Å²) in [5.41, 5.74) is 1.52. The largest absolute Gasteiger partial charge is 0.496 e. The summed E-state index contributed by atoms with van der Waals surface area (Å²) in [6.45, 7) is 6.76. The van der Waals surface area contributed by atoms with Crippen LogP contribution in [0.1, 0.15) is 39.2 Å². The van der Waals surface area contributed by atoms with Gasteiger partial charge in [-0.1, -0.05) is 45.4 Å². The highest BCUT2D eigenvalue weighted by molar-refractivity contribution is 5.38. The molecule has 0 spiro atoms. The standard InChI is InChI=1S/C13H20O/c1-5-10-13(2,3)11-8-6-7-9-12(11)14-4/h6-9H,5,10H2,1-4H3. The smallest absolute Gasteiger partial charge is 0.122 e. The maximum absolute atomic E-state index is 5.38. The van der Waals surface area contributed by atoms with E-state index in [0.29, 0.717) is 0 Å².